The fourth-order valence-corrected chi connectivity index (χ4v) is 2.52. The van der Waals surface area contributed by atoms with Gasteiger partial charge in [0.2, 0.25) is 0 Å². The smallest absolute Gasteiger partial charge is 0.165 e. The molecule has 0 aliphatic carbocycles. The number of fused-ring (bicyclic) bond motifs is 1. The first-order valence-corrected chi connectivity index (χ1v) is 8.21. The van der Waals surface area contributed by atoms with Crippen LogP contribution in [0.3, 0.4) is 0 Å². The van der Waals surface area contributed by atoms with Crippen molar-refractivity contribution in [3.8, 4) is 0 Å². The fourth-order valence-electron chi connectivity index (χ4n) is 2.42. The number of imidazole rings is 1. The van der Waals surface area contributed by atoms with Crippen molar-refractivity contribution in [2.75, 3.05) is 19.1 Å². The van der Waals surface area contributed by atoms with Gasteiger partial charge in [0.25, 0.3) is 0 Å². The number of benzene rings is 1. The Bertz CT molecular complexity index is 799. The molecule has 0 radical (unpaired) electrons. The van der Waals surface area contributed by atoms with E-state index >= 15 is 0 Å². The Morgan fingerprint density at radius 1 is 1.16 bits per heavy atom. The van der Waals surface area contributed by atoms with Crippen LogP contribution in [-0.2, 0) is 27.1 Å². The van der Waals surface area contributed by atoms with Crippen LogP contribution in [0.1, 0.15) is 5.56 Å². The molecule has 0 fully saturated rings. The second-order valence-corrected chi connectivity index (χ2v) is 5.74. The van der Waals surface area contributed by atoms with Crippen molar-refractivity contribution in [3.05, 3.63) is 48.5 Å². The van der Waals surface area contributed by atoms with Crippen LogP contribution in [0, 0.1) is 0 Å². The summed E-state index contributed by atoms with van der Waals surface area (Å²) in [6, 6.07) is 9.97. The lowest BCUT2D eigenvalue weighted by Gasteiger charge is -2.19. The Kier molecular flexibility index (Phi) is 6.25. The maximum atomic E-state index is 6.02. The minimum absolute atomic E-state index is 0.176. The summed E-state index contributed by atoms with van der Waals surface area (Å²) in [4.78, 5) is 12.5. The Labute approximate surface area is 147 Å². The lowest BCUT2D eigenvalue weighted by atomic mass is 10.2. The molecule has 25 heavy (non-hydrogen) atoms. The van der Waals surface area contributed by atoms with Gasteiger partial charge in [0.1, 0.15) is 18.6 Å². The number of anilines is 1. The zero-order chi connectivity index (χ0) is 17.5. The topological polar surface area (TPSA) is 97.3 Å². The van der Waals surface area contributed by atoms with Crippen molar-refractivity contribution in [1.82, 2.24) is 19.5 Å². The molecular weight excluding hydrogens is 341 g/mol. The lowest BCUT2D eigenvalue weighted by molar-refractivity contribution is -0.0624. The minimum Gasteiger partial charge on any atom is -0.382 e. The Morgan fingerprint density at radius 3 is 2.80 bits per heavy atom. The molecule has 0 aliphatic rings. The van der Waals surface area contributed by atoms with Crippen LogP contribution in [0.2, 0.25) is 0 Å². The normalized spacial score (nSPS) is 12.5. The number of hydrogen-bond donors (Lipinski definition) is 1. The third-order valence-corrected chi connectivity index (χ3v) is 3.75. The summed E-state index contributed by atoms with van der Waals surface area (Å²) in [5.41, 5.74) is 8.18. The maximum absolute atomic E-state index is 6.02. The maximum Gasteiger partial charge on any atom is 0.165 e. The van der Waals surface area contributed by atoms with Gasteiger partial charge in [0, 0.05) is 9.47 Å². The van der Waals surface area contributed by atoms with Gasteiger partial charge in [-0.25, -0.2) is 15.0 Å². The molecule has 0 amide bonds. The van der Waals surface area contributed by atoms with E-state index in [0.717, 1.165) is 5.56 Å². The predicted octanol–water partition coefficient (Wildman–Crippen LogP) is 1.77. The first-order valence-electron chi connectivity index (χ1n) is 7.74. The summed E-state index contributed by atoms with van der Waals surface area (Å²) in [7, 11) is 2.15. The molecule has 3 rings (SSSR count). The van der Waals surface area contributed by atoms with Crippen molar-refractivity contribution in [2.45, 2.75) is 19.3 Å². The molecule has 3 aromatic rings. The Balaban J connectivity index is 1.70. The molecule has 2 atom stereocenters. The molecule has 1 aromatic carbocycles. The van der Waals surface area contributed by atoms with E-state index in [0.29, 0.717) is 36.7 Å². The molecular formula is C16H20N5O3P. The number of rotatable bonds is 9. The van der Waals surface area contributed by atoms with Crippen molar-refractivity contribution < 1.29 is 14.0 Å². The first-order chi connectivity index (χ1) is 12.3. The molecule has 2 heterocycles. The third kappa shape index (κ3) is 4.70. The molecule has 0 spiro atoms. The monoisotopic (exact) mass is 361 g/mol. The van der Waals surface area contributed by atoms with E-state index in [1.165, 1.54) is 6.33 Å². The van der Waals surface area contributed by atoms with E-state index < -0.39 is 0 Å². The standard InChI is InChI=1S/C16H20N5O3P/c17-15-14-16(19-9-18-15)21(10-20-14)6-13(8-22-11-24-25)23-7-12-4-2-1-3-5-12/h1-5,9-10,13H,6-8,11,25H2,(H2,17,18,19). The van der Waals surface area contributed by atoms with Gasteiger partial charge in [-0.15, -0.1) is 0 Å². The molecule has 2 N–H and O–H groups in total. The average Bonchev–Trinajstić information content (AvgIpc) is 3.05. The lowest BCUT2D eigenvalue weighted by Crippen LogP contribution is -2.26. The van der Waals surface area contributed by atoms with Gasteiger partial charge >= 0.3 is 0 Å². The molecule has 0 saturated heterocycles. The van der Waals surface area contributed by atoms with E-state index in [1.807, 2.05) is 34.9 Å². The van der Waals surface area contributed by atoms with E-state index in [-0.39, 0.29) is 12.9 Å². The summed E-state index contributed by atoms with van der Waals surface area (Å²) in [5.74, 6) is 0.359. The van der Waals surface area contributed by atoms with Crippen LogP contribution in [0.4, 0.5) is 5.82 Å². The van der Waals surface area contributed by atoms with Crippen LogP contribution < -0.4 is 5.73 Å². The zero-order valence-corrected chi connectivity index (χ0v) is 14.8. The molecule has 2 aromatic heterocycles. The number of ether oxygens (including phenoxy) is 2. The minimum atomic E-state index is -0.200. The van der Waals surface area contributed by atoms with Gasteiger partial charge in [-0.1, -0.05) is 30.3 Å². The van der Waals surface area contributed by atoms with Crippen molar-refractivity contribution in [3.63, 3.8) is 0 Å². The molecule has 8 nitrogen and oxygen atoms in total. The highest BCUT2D eigenvalue weighted by Gasteiger charge is 2.15. The molecule has 0 saturated carbocycles. The summed E-state index contributed by atoms with van der Waals surface area (Å²) in [5, 5.41) is 0. The molecule has 9 heteroatoms. The number of hydrogen-bond acceptors (Lipinski definition) is 7. The van der Waals surface area contributed by atoms with E-state index in [4.69, 9.17) is 19.7 Å². The summed E-state index contributed by atoms with van der Waals surface area (Å²) < 4.78 is 18.2. The first kappa shape index (κ1) is 17.7. The highest BCUT2D eigenvalue weighted by molar-refractivity contribution is 7.09. The van der Waals surface area contributed by atoms with Gasteiger partial charge in [-0.3, -0.25) is 0 Å². The second kappa shape index (κ2) is 8.82. The molecule has 0 bridgehead atoms. The quantitative estimate of drug-likeness (QED) is 0.352. The van der Waals surface area contributed by atoms with Crippen molar-refractivity contribution in [1.29, 1.82) is 0 Å². The highest BCUT2D eigenvalue weighted by Crippen LogP contribution is 2.15. The predicted molar refractivity (Wildman–Crippen MR) is 96.4 cm³/mol. The number of nitrogens with zero attached hydrogens (tertiary/aromatic N) is 4. The fraction of sp³-hybridized carbons (Fsp3) is 0.312. The average molecular weight is 361 g/mol. The SMILES string of the molecule is Nc1ncnc2c1ncn2CC(COCOP)OCc1ccccc1. The van der Waals surface area contributed by atoms with Crippen LogP contribution >= 0.6 is 9.47 Å². The van der Waals surface area contributed by atoms with Crippen LogP contribution in [-0.4, -0.2) is 39.0 Å². The van der Waals surface area contributed by atoms with Crippen molar-refractivity contribution in [2.24, 2.45) is 0 Å². The Hall–Kier alpha value is -2.12. The summed E-state index contributed by atoms with van der Waals surface area (Å²) >= 11 is 0. The zero-order valence-electron chi connectivity index (χ0n) is 13.6. The molecule has 2 unspecified atom stereocenters. The van der Waals surface area contributed by atoms with Crippen LogP contribution in [0.25, 0.3) is 11.2 Å². The number of nitrogens with two attached hydrogens (primary N) is 1. The highest BCUT2D eigenvalue weighted by atomic mass is 31.0. The van der Waals surface area contributed by atoms with Gasteiger partial charge in [-0.05, 0) is 5.56 Å². The van der Waals surface area contributed by atoms with Gasteiger partial charge in [-0.2, -0.15) is 0 Å². The molecule has 0 aliphatic heterocycles. The van der Waals surface area contributed by atoms with E-state index in [9.17, 15) is 0 Å². The largest absolute Gasteiger partial charge is 0.382 e. The third-order valence-electron chi connectivity index (χ3n) is 3.61. The van der Waals surface area contributed by atoms with E-state index in [1.54, 1.807) is 6.33 Å². The number of nitrogen functional groups attached to an aromatic ring is 1. The second-order valence-electron chi connectivity index (χ2n) is 5.40. The summed E-state index contributed by atoms with van der Waals surface area (Å²) in [6.45, 7) is 1.56. The van der Waals surface area contributed by atoms with Crippen molar-refractivity contribution >= 4 is 26.4 Å². The van der Waals surface area contributed by atoms with Gasteiger partial charge in [0.15, 0.2) is 11.5 Å². The van der Waals surface area contributed by atoms with E-state index in [2.05, 4.69) is 24.4 Å². The number of aromatic nitrogens is 4. The van der Waals surface area contributed by atoms with Gasteiger partial charge in [0.05, 0.1) is 32.2 Å². The Morgan fingerprint density at radius 2 is 2.00 bits per heavy atom. The molecule has 132 valence electrons. The van der Waals surface area contributed by atoms with Gasteiger partial charge < -0.3 is 24.3 Å². The van der Waals surface area contributed by atoms with Crippen LogP contribution in [0.5, 0.6) is 0 Å². The van der Waals surface area contributed by atoms with Crippen LogP contribution in [0.15, 0.2) is 43.0 Å². The summed E-state index contributed by atoms with van der Waals surface area (Å²) in [6.07, 6.45) is 2.91.